The second-order valence-electron chi connectivity index (χ2n) is 1.96. The molecule has 0 radical (unpaired) electrons. The van der Waals surface area contributed by atoms with Crippen molar-refractivity contribution in [3.8, 4) is 5.88 Å². The van der Waals surface area contributed by atoms with Crippen LogP contribution in [0.1, 0.15) is 5.56 Å². The van der Waals surface area contributed by atoms with E-state index in [2.05, 4.69) is 20.9 Å². The van der Waals surface area contributed by atoms with Crippen LogP contribution in [-0.4, -0.2) is 12.1 Å². The molecule has 1 heterocycles. The van der Waals surface area contributed by atoms with Crippen LogP contribution in [0.5, 0.6) is 5.88 Å². The van der Waals surface area contributed by atoms with Crippen molar-refractivity contribution in [3.63, 3.8) is 0 Å². The smallest absolute Gasteiger partial charge is 0.217 e. The zero-order valence-electron chi connectivity index (χ0n) is 5.89. The Hall–Kier alpha value is -0.570. The Morgan fingerprint density at radius 1 is 1.50 bits per heavy atom. The van der Waals surface area contributed by atoms with E-state index in [4.69, 9.17) is 4.74 Å². The van der Waals surface area contributed by atoms with Crippen molar-refractivity contribution in [2.75, 3.05) is 7.11 Å². The van der Waals surface area contributed by atoms with Gasteiger partial charge in [0.1, 0.15) is 4.60 Å². The van der Waals surface area contributed by atoms with Crippen LogP contribution in [0.4, 0.5) is 0 Å². The summed E-state index contributed by atoms with van der Waals surface area (Å²) in [6.45, 7) is 1.96. The van der Waals surface area contributed by atoms with Gasteiger partial charge in [0.2, 0.25) is 5.88 Å². The first kappa shape index (κ1) is 7.54. The van der Waals surface area contributed by atoms with Gasteiger partial charge in [0, 0.05) is 5.56 Å². The molecule has 54 valence electrons. The largest absolute Gasteiger partial charge is 0.481 e. The van der Waals surface area contributed by atoms with Gasteiger partial charge in [-0.3, -0.25) is 0 Å². The van der Waals surface area contributed by atoms with Gasteiger partial charge in [-0.05, 0) is 28.9 Å². The van der Waals surface area contributed by atoms with Gasteiger partial charge in [-0.25, -0.2) is 4.98 Å². The molecule has 3 heteroatoms. The van der Waals surface area contributed by atoms with Crippen LogP contribution in [0.2, 0.25) is 0 Å². The summed E-state index contributed by atoms with van der Waals surface area (Å²) in [5.41, 5.74) is 1.05. The van der Waals surface area contributed by atoms with E-state index in [0.29, 0.717) is 5.88 Å². The highest BCUT2D eigenvalue weighted by atomic mass is 79.9. The molecule has 2 nitrogen and oxygen atoms in total. The highest BCUT2D eigenvalue weighted by Gasteiger charge is 1.97. The van der Waals surface area contributed by atoms with Crippen LogP contribution >= 0.6 is 15.9 Å². The molecule has 0 bridgehead atoms. The van der Waals surface area contributed by atoms with Gasteiger partial charge < -0.3 is 4.74 Å². The summed E-state index contributed by atoms with van der Waals surface area (Å²) in [5, 5.41) is 0. The molecular weight excluding hydrogens is 194 g/mol. The molecule has 0 aliphatic carbocycles. The van der Waals surface area contributed by atoms with Crippen LogP contribution in [-0.2, 0) is 0 Å². The summed E-state index contributed by atoms with van der Waals surface area (Å²) >= 11 is 3.25. The fourth-order valence-corrected chi connectivity index (χ4v) is 0.987. The molecule has 1 aromatic heterocycles. The van der Waals surface area contributed by atoms with E-state index in [9.17, 15) is 0 Å². The number of ether oxygens (including phenoxy) is 1. The van der Waals surface area contributed by atoms with E-state index in [0.717, 1.165) is 10.2 Å². The van der Waals surface area contributed by atoms with Crippen LogP contribution in [0.25, 0.3) is 0 Å². The predicted molar refractivity (Wildman–Crippen MR) is 43.2 cm³/mol. The molecule has 0 fully saturated rings. The van der Waals surface area contributed by atoms with Gasteiger partial charge in [0.15, 0.2) is 0 Å². The lowest BCUT2D eigenvalue weighted by atomic mass is 10.3. The Labute approximate surface area is 68.4 Å². The molecule has 10 heavy (non-hydrogen) atoms. The highest BCUT2D eigenvalue weighted by Crippen LogP contribution is 2.16. The topological polar surface area (TPSA) is 22.1 Å². The minimum atomic E-state index is 0.675. The minimum absolute atomic E-state index is 0.675. The van der Waals surface area contributed by atoms with E-state index in [1.165, 1.54) is 0 Å². The summed E-state index contributed by atoms with van der Waals surface area (Å²) in [6.07, 6.45) is 0. The highest BCUT2D eigenvalue weighted by molar-refractivity contribution is 9.10. The van der Waals surface area contributed by atoms with Gasteiger partial charge in [-0.2, -0.15) is 0 Å². The summed E-state index contributed by atoms with van der Waals surface area (Å²) in [7, 11) is 1.61. The van der Waals surface area contributed by atoms with Gasteiger partial charge >= 0.3 is 0 Å². The molecule has 0 saturated carbocycles. The molecule has 0 aromatic carbocycles. The third kappa shape index (κ3) is 1.48. The lowest BCUT2D eigenvalue weighted by molar-refractivity contribution is 0.393. The Morgan fingerprint density at radius 3 is 2.70 bits per heavy atom. The van der Waals surface area contributed by atoms with Crippen molar-refractivity contribution in [3.05, 3.63) is 22.3 Å². The van der Waals surface area contributed by atoms with Crippen LogP contribution < -0.4 is 4.74 Å². The van der Waals surface area contributed by atoms with E-state index in [-0.39, 0.29) is 0 Å². The van der Waals surface area contributed by atoms with Crippen molar-refractivity contribution in [1.82, 2.24) is 4.98 Å². The number of methoxy groups -OCH3 is 1. The molecule has 0 spiro atoms. The quantitative estimate of drug-likeness (QED) is 0.651. The third-order valence-electron chi connectivity index (χ3n) is 1.21. The first-order chi connectivity index (χ1) is 4.74. The SMILES string of the molecule is COc1nc(Br)ccc1C. The predicted octanol–water partition coefficient (Wildman–Crippen LogP) is 2.16. The molecule has 1 aromatic rings. The number of rotatable bonds is 1. The maximum atomic E-state index is 4.98. The molecule has 0 aliphatic heterocycles. The summed E-state index contributed by atoms with van der Waals surface area (Å²) in [4.78, 5) is 4.09. The molecule has 0 saturated heterocycles. The summed E-state index contributed by atoms with van der Waals surface area (Å²) in [5.74, 6) is 0.675. The number of nitrogens with zero attached hydrogens (tertiary/aromatic N) is 1. The van der Waals surface area contributed by atoms with Crippen molar-refractivity contribution in [2.24, 2.45) is 0 Å². The average Bonchev–Trinajstić information content (AvgIpc) is 1.94. The van der Waals surface area contributed by atoms with Crippen LogP contribution in [0, 0.1) is 6.92 Å². The lowest BCUT2D eigenvalue weighted by Gasteiger charge is -2.01. The van der Waals surface area contributed by atoms with E-state index in [1.54, 1.807) is 7.11 Å². The van der Waals surface area contributed by atoms with E-state index >= 15 is 0 Å². The fourth-order valence-electron chi connectivity index (χ4n) is 0.694. The number of aryl methyl sites for hydroxylation is 1. The molecule has 0 atom stereocenters. The standard InChI is InChI=1S/C7H8BrNO/c1-5-3-4-6(8)9-7(5)10-2/h3-4H,1-2H3. The molecule has 0 unspecified atom stereocenters. The van der Waals surface area contributed by atoms with Crippen molar-refractivity contribution < 1.29 is 4.74 Å². The van der Waals surface area contributed by atoms with Crippen molar-refractivity contribution in [1.29, 1.82) is 0 Å². The fraction of sp³-hybridized carbons (Fsp3) is 0.286. The normalized spacial score (nSPS) is 9.50. The average molecular weight is 202 g/mol. The number of hydrogen-bond acceptors (Lipinski definition) is 2. The zero-order valence-corrected chi connectivity index (χ0v) is 7.47. The monoisotopic (exact) mass is 201 g/mol. The molecule has 0 aliphatic rings. The molecule has 0 N–H and O–H groups in total. The molecule has 1 rings (SSSR count). The van der Waals surface area contributed by atoms with Gasteiger partial charge in [-0.15, -0.1) is 0 Å². The second kappa shape index (κ2) is 3.01. The first-order valence-electron chi connectivity index (χ1n) is 2.91. The van der Waals surface area contributed by atoms with E-state index in [1.807, 2.05) is 19.1 Å². The van der Waals surface area contributed by atoms with Gasteiger partial charge in [0.25, 0.3) is 0 Å². The van der Waals surface area contributed by atoms with Crippen molar-refractivity contribution >= 4 is 15.9 Å². The number of hydrogen-bond donors (Lipinski definition) is 0. The minimum Gasteiger partial charge on any atom is -0.481 e. The Balaban J connectivity index is 3.09. The van der Waals surface area contributed by atoms with E-state index < -0.39 is 0 Å². The second-order valence-corrected chi connectivity index (χ2v) is 2.77. The maximum Gasteiger partial charge on any atom is 0.217 e. The van der Waals surface area contributed by atoms with Crippen molar-refractivity contribution in [2.45, 2.75) is 6.92 Å². The summed E-state index contributed by atoms with van der Waals surface area (Å²) < 4.78 is 5.79. The number of aromatic nitrogens is 1. The number of pyridine rings is 1. The number of halogens is 1. The van der Waals surface area contributed by atoms with Gasteiger partial charge in [0.05, 0.1) is 7.11 Å². The maximum absolute atomic E-state index is 4.98. The third-order valence-corrected chi connectivity index (χ3v) is 1.65. The Kier molecular flexibility index (Phi) is 2.27. The lowest BCUT2D eigenvalue weighted by Crippen LogP contribution is -1.90. The van der Waals surface area contributed by atoms with Crippen LogP contribution in [0.15, 0.2) is 16.7 Å². The Bertz CT molecular complexity index is 237. The molecule has 0 amide bonds. The van der Waals surface area contributed by atoms with Crippen LogP contribution in [0.3, 0.4) is 0 Å². The first-order valence-corrected chi connectivity index (χ1v) is 3.70. The van der Waals surface area contributed by atoms with Gasteiger partial charge in [-0.1, -0.05) is 6.07 Å². The zero-order chi connectivity index (χ0) is 7.56. The molecular formula is C7H8BrNO. The summed E-state index contributed by atoms with van der Waals surface area (Å²) in [6, 6.07) is 3.84. The Morgan fingerprint density at radius 2 is 2.20 bits per heavy atom.